The van der Waals surface area contributed by atoms with E-state index in [1.165, 1.54) is 5.56 Å². The molecule has 0 bridgehead atoms. The molecule has 0 unspecified atom stereocenters. The van der Waals surface area contributed by atoms with Gasteiger partial charge in [-0.15, -0.1) is 0 Å². The molecule has 4 N–H and O–H groups in total. The second-order valence-electron chi connectivity index (χ2n) is 4.54. The molecule has 88 valence electrons. The first kappa shape index (κ1) is 11.1. The summed E-state index contributed by atoms with van der Waals surface area (Å²) in [4.78, 5) is 11.5. The van der Waals surface area contributed by atoms with Gasteiger partial charge in [-0.1, -0.05) is 0 Å². The summed E-state index contributed by atoms with van der Waals surface area (Å²) in [6, 6.07) is 0. The third kappa shape index (κ3) is 2.41. The highest BCUT2D eigenvalue weighted by Gasteiger charge is 2.45. The van der Waals surface area contributed by atoms with E-state index in [0.717, 1.165) is 31.4 Å². The Morgan fingerprint density at radius 1 is 1.69 bits per heavy atom. The molecule has 5 heteroatoms. The minimum Gasteiger partial charge on any atom is -0.354 e. The van der Waals surface area contributed by atoms with Crippen LogP contribution < -0.4 is 11.1 Å². The standard InChI is InChI=1S/C11H18N4O/c1-8-9(7-14-15-8)3-2-6-13-10(16)11(12)4-5-11/h7H,2-6,12H2,1H3,(H,13,16)(H,14,15). The minimum atomic E-state index is -0.550. The lowest BCUT2D eigenvalue weighted by atomic mass is 10.1. The number of carbonyl (C=O) groups excluding carboxylic acids is 1. The lowest BCUT2D eigenvalue weighted by molar-refractivity contribution is -0.123. The molecular formula is C11H18N4O. The van der Waals surface area contributed by atoms with Gasteiger partial charge in [0.25, 0.3) is 0 Å². The second-order valence-corrected chi connectivity index (χ2v) is 4.54. The van der Waals surface area contributed by atoms with Crippen LogP contribution >= 0.6 is 0 Å². The maximum atomic E-state index is 11.5. The number of amides is 1. The SMILES string of the molecule is Cc1[nH]ncc1CCCNC(=O)C1(N)CC1. The molecule has 1 aliphatic rings. The molecule has 0 aliphatic heterocycles. The molecule has 0 aromatic carbocycles. The van der Waals surface area contributed by atoms with E-state index in [-0.39, 0.29) is 5.91 Å². The molecule has 0 spiro atoms. The molecule has 2 rings (SSSR count). The van der Waals surface area contributed by atoms with Gasteiger partial charge in [0.1, 0.15) is 0 Å². The van der Waals surface area contributed by atoms with Crippen LogP contribution in [0.2, 0.25) is 0 Å². The molecule has 0 radical (unpaired) electrons. The van der Waals surface area contributed by atoms with Crippen molar-refractivity contribution in [2.75, 3.05) is 6.54 Å². The number of aromatic amines is 1. The topological polar surface area (TPSA) is 83.8 Å². The van der Waals surface area contributed by atoms with Gasteiger partial charge in [-0.3, -0.25) is 9.89 Å². The Bertz CT molecular complexity index is 381. The van der Waals surface area contributed by atoms with E-state index in [4.69, 9.17) is 5.73 Å². The number of nitrogens with two attached hydrogens (primary N) is 1. The van der Waals surface area contributed by atoms with Crippen LogP contribution in [-0.4, -0.2) is 28.2 Å². The van der Waals surface area contributed by atoms with E-state index in [0.29, 0.717) is 6.54 Å². The number of nitrogens with zero attached hydrogens (tertiary/aromatic N) is 1. The first-order valence-corrected chi connectivity index (χ1v) is 5.68. The molecule has 1 aromatic rings. The number of hydrogen-bond donors (Lipinski definition) is 3. The quantitative estimate of drug-likeness (QED) is 0.625. The van der Waals surface area contributed by atoms with Gasteiger partial charge in [-0.05, 0) is 38.2 Å². The third-order valence-electron chi connectivity index (χ3n) is 3.08. The predicted octanol–water partition coefficient (Wildman–Crippen LogP) is 0.258. The molecule has 1 aromatic heterocycles. The van der Waals surface area contributed by atoms with Crippen molar-refractivity contribution in [2.24, 2.45) is 5.73 Å². The number of carbonyl (C=O) groups is 1. The first-order valence-electron chi connectivity index (χ1n) is 5.68. The van der Waals surface area contributed by atoms with E-state index in [1.807, 2.05) is 13.1 Å². The van der Waals surface area contributed by atoms with E-state index in [2.05, 4.69) is 15.5 Å². The average Bonchev–Trinajstić information content (AvgIpc) is 2.88. The van der Waals surface area contributed by atoms with Crippen molar-refractivity contribution in [3.05, 3.63) is 17.5 Å². The fourth-order valence-electron chi connectivity index (χ4n) is 1.65. The van der Waals surface area contributed by atoms with Crippen molar-refractivity contribution in [3.8, 4) is 0 Å². The van der Waals surface area contributed by atoms with Gasteiger partial charge in [0.2, 0.25) is 5.91 Å². The van der Waals surface area contributed by atoms with E-state index in [1.54, 1.807) is 0 Å². The van der Waals surface area contributed by atoms with Crippen molar-refractivity contribution < 1.29 is 4.79 Å². The summed E-state index contributed by atoms with van der Waals surface area (Å²) in [6.45, 7) is 2.68. The molecule has 1 saturated carbocycles. The van der Waals surface area contributed by atoms with Crippen LogP contribution in [0.5, 0.6) is 0 Å². The van der Waals surface area contributed by atoms with Crippen LogP contribution in [-0.2, 0) is 11.2 Å². The van der Waals surface area contributed by atoms with Gasteiger partial charge in [0, 0.05) is 12.2 Å². The Kier molecular flexibility index (Phi) is 2.96. The van der Waals surface area contributed by atoms with Crippen LogP contribution in [0, 0.1) is 6.92 Å². The molecule has 1 fully saturated rings. The van der Waals surface area contributed by atoms with E-state index < -0.39 is 5.54 Å². The molecule has 1 heterocycles. The zero-order valence-electron chi connectivity index (χ0n) is 9.55. The number of rotatable bonds is 5. The molecule has 5 nitrogen and oxygen atoms in total. The lowest BCUT2D eigenvalue weighted by Crippen LogP contribution is -2.43. The van der Waals surface area contributed by atoms with Crippen molar-refractivity contribution in [1.82, 2.24) is 15.5 Å². The van der Waals surface area contributed by atoms with Crippen LogP contribution in [0.3, 0.4) is 0 Å². The fraction of sp³-hybridized carbons (Fsp3) is 0.636. The number of aromatic nitrogens is 2. The highest BCUT2D eigenvalue weighted by Crippen LogP contribution is 2.31. The number of nitrogens with one attached hydrogen (secondary N) is 2. The van der Waals surface area contributed by atoms with Crippen LogP contribution in [0.15, 0.2) is 6.20 Å². The monoisotopic (exact) mass is 222 g/mol. The molecule has 0 atom stereocenters. The first-order chi connectivity index (χ1) is 7.62. The van der Waals surface area contributed by atoms with Gasteiger partial charge in [0.15, 0.2) is 0 Å². The third-order valence-corrected chi connectivity index (χ3v) is 3.08. The highest BCUT2D eigenvalue weighted by molar-refractivity contribution is 5.88. The summed E-state index contributed by atoms with van der Waals surface area (Å²) in [7, 11) is 0. The Labute approximate surface area is 94.8 Å². The Hall–Kier alpha value is -1.36. The average molecular weight is 222 g/mol. The Morgan fingerprint density at radius 2 is 2.44 bits per heavy atom. The van der Waals surface area contributed by atoms with Gasteiger partial charge in [-0.25, -0.2) is 0 Å². The summed E-state index contributed by atoms with van der Waals surface area (Å²) in [5, 5.41) is 9.72. The van der Waals surface area contributed by atoms with Gasteiger partial charge in [0.05, 0.1) is 11.7 Å². The smallest absolute Gasteiger partial charge is 0.240 e. The summed E-state index contributed by atoms with van der Waals surface area (Å²) in [6.07, 6.45) is 5.32. The molecule has 16 heavy (non-hydrogen) atoms. The number of aryl methyl sites for hydroxylation is 2. The molecule has 0 saturated heterocycles. The normalized spacial score (nSPS) is 17.1. The molecular weight excluding hydrogens is 204 g/mol. The van der Waals surface area contributed by atoms with Crippen molar-refractivity contribution in [1.29, 1.82) is 0 Å². The van der Waals surface area contributed by atoms with Crippen molar-refractivity contribution in [2.45, 2.75) is 38.1 Å². The fourth-order valence-corrected chi connectivity index (χ4v) is 1.65. The highest BCUT2D eigenvalue weighted by atomic mass is 16.2. The van der Waals surface area contributed by atoms with Gasteiger partial charge < -0.3 is 11.1 Å². The van der Waals surface area contributed by atoms with Crippen LogP contribution in [0.4, 0.5) is 0 Å². The Balaban J connectivity index is 1.66. The maximum Gasteiger partial charge on any atom is 0.240 e. The van der Waals surface area contributed by atoms with Crippen LogP contribution in [0.25, 0.3) is 0 Å². The van der Waals surface area contributed by atoms with Crippen molar-refractivity contribution >= 4 is 5.91 Å². The summed E-state index contributed by atoms with van der Waals surface area (Å²) < 4.78 is 0. The lowest BCUT2D eigenvalue weighted by Gasteiger charge is -2.09. The second kappa shape index (κ2) is 4.25. The van der Waals surface area contributed by atoms with Gasteiger partial charge in [-0.2, -0.15) is 5.10 Å². The number of hydrogen-bond acceptors (Lipinski definition) is 3. The van der Waals surface area contributed by atoms with Crippen LogP contribution in [0.1, 0.15) is 30.5 Å². The van der Waals surface area contributed by atoms with Gasteiger partial charge >= 0.3 is 0 Å². The molecule has 1 aliphatic carbocycles. The summed E-state index contributed by atoms with van der Waals surface area (Å²) in [5.41, 5.74) is 7.53. The summed E-state index contributed by atoms with van der Waals surface area (Å²) >= 11 is 0. The predicted molar refractivity (Wildman–Crippen MR) is 60.8 cm³/mol. The van der Waals surface area contributed by atoms with Crippen molar-refractivity contribution in [3.63, 3.8) is 0 Å². The zero-order valence-corrected chi connectivity index (χ0v) is 9.55. The Morgan fingerprint density at radius 3 is 3.00 bits per heavy atom. The maximum absolute atomic E-state index is 11.5. The minimum absolute atomic E-state index is 0.00332. The van der Waals surface area contributed by atoms with E-state index >= 15 is 0 Å². The van der Waals surface area contributed by atoms with E-state index in [9.17, 15) is 4.79 Å². The largest absolute Gasteiger partial charge is 0.354 e. The zero-order chi connectivity index (χ0) is 11.6. The number of H-pyrrole nitrogens is 1. The molecule has 1 amide bonds. The summed E-state index contributed by atoms with van der Waals surface area (Å²) in [5.74, 6) is -0.00332.